The van der Waals surface area contributed by atoms with Crippen LogP contribution < -0.4 is 10.6 Å². The molecule has 0 saturated carbocycles. The minimum absolute atomic E-state index is 0.0238. The third-order valence-corrected chi connectivity index (χ3v) is 4.54. The van der Waals surface area contributed by atoms with Crippen LogP contribution >= 0.6 is 11.3 Å². The van der Waals surface area contributed by atoms with Crippen LogP contribution in [0.2, 0.25) is 0 Å². The molecule has 0 bridgehead atoms. The summed E-state index contributed by atoms with van der Waals surface area (Å²) in [6.07, 6.45) is 0. The fraction of sp³-hybridized carbons (Fsp3) is 0.111. The number of ether oxygens (including phenoxy) is 1. The van der Waals surface area contributed by atoms with Crippen LogP contribution in [0.4, 0.5) is 16.5 Å². The number of methoxy groups -OCH3 is 1. The molecule has 148 valence electrons. The van der Waals surface area contributed by atoms with Crippen LogP contribution in [-0.4, -0.2) is 40.7 Å². The van der Waals surface area contributed by atoms with Gasteiger partial charge in [-0.05, 0) is 30.3 Å². The van der Waals surface area contributed by atoms with E-state index >= 15 is 0 Å². The summed E-state index contributed by atoms with van der Waals surface area (Å²) in [5.41, 5.74) is 1.41. The normalized spacial score (nSPS) is 10.4. The van der Waals surface area contributed by atoms with Gasteiger partial charge >= 0.3 is 0 Å². The van der Waals surface area contributed by atoms with E-state index < -0.39 is 10.8 Å². The number of rotatable bonds is 7. The lowest BCUT2D eigenvalue weighted by Gasteiger charge is -2.06. The van der Waals surface area contributed by atoms with Crippen LogP contribution in [0.3, 0.4) is 0 Å². The Bertz CT molecular complexity index is 1050. The summed E-state index contributed by atoms with van der Waals surface area (Å²) in [5.74, 6) is -0.749. The molecular weight excluding hydrogens is 398 g/mol. The van der Waals surface area contributed by atoms with Gasteiger partial charge in [0.1, 0.15) is 11.6 Å². The van der Waals surface area contributed by atoms with E-state index in [1.54, 1.807) is 30.3 Å². The molecule has 0 aliphatic carbocycles. The maximum atomic E-state index is 12.5. The van der Waals surface area contributed by atoms with Crippen molar-refractivity contribution >= 4 is 39.7 Å². The van der Waals surface area contributed by atoms with Crippen molar-refractivity contribution in [2.45, 2.75) is 0 Å². The average molecular weight is 413 g/mol. The third kappa shape index (κ3) is 5.18. The van der Waals surface area contributed by atoms with Crippen molar-refractivity contribution in [2.75, 3.05) is 24.4 Å². The van der Waals surface area contributed by atoms with Crippen molar-refractivity contribution in [3.05, 3.63) is 64.2 Å². The minimum atomic E-state index is -0.485. The molecule has 0 saturated heterocycles. The number of carbonyl (C=O) groups is 2. The Balaban J connectivity index is 1.68. The second-order valence-corrected chi connectivity index (χ2v) is 6.71. The molecule has 0 radical (unpaired) electrons. The predicted octanol–water partition coefficient (Wildman–Crippen LogP) is 2.95. The standard InChI is InChI=1S/C18H15N5O5S/c1-28-10-15(24)19-13-4-2-3-12(9-13)16(25)20-18-22-21-17(29-18)11-5-7-14(8-6-11)23(26)27/h2-9H,10H2,1H3,(H,19,24)(H,20,22,25). The molecule has 0 aliphatic rings. The zero-order valence-electron chi connectivity index (χ0n) is 15.1. The van der Waals surface area contributed by atoms with Crippen molar-refractivity contribution in [1.29, 1.82) is 0 Å². The second kappa shape index (κ2) is 8.99. The molecule has 2 amide bonds. The van der Waals surface area contributed by atoms with Crippen LogP contribution in [0.1, 0.15) is 10.4 Å². The Morgan fingerprint density at radius 3 is 2.59 bits per heavy atom. The lowest BCUT2D eigenvalue weighted by atomic mass is 10.2. The highest BCUT2D eigenvalue weighted by atomic mass is 32.1. The van der Waals surface area contributed by atoms with Gasteiger partial charge in [-0.1, -0.05) is 17.4 Å². The van der Waals surface area contributed by atoms with Gasteiger partial charge in [0.15, 0.2) is 0 Å². The fourth-order valence-electron chi connectivity index (χ4n) is 2.35. The molecule has 11 heteroatoms. The number of aromatic nitrogens is 2. The molecule has 3 rings (SSSR count). The van der Waals surface area contributed by atoms with Gasteiger partial charge in [0.05, 0.1) is 4.92 Å². The Hall–Kier alpha value is -3.70. The average Bonchev–Trinajstić information content (AvgIpc) is 3.17. The zero-order chi connectivity index (χ0) is 20.8. The molecule has 0 fully saturated rings. The Morgan fingerprint density at radius 1 is 1.14 bits per heavy atom. The number of hydrogen-bond acceptors (Lipinski definition) is 8. The van der Waals surface area contributed by atoms with Gasteiger partial charge in [0.2, 0.25) is 11.0 Å². The molecule has 29 heavy (non-hydrogen) atoms. The maximum absolute atomic E-state index is 12.5. The number of nitrogens with one attached hydrogen (secondary N) is 2. The molecule has 0 atom stereocenters. The lowest BCUT2D eigenvalue weighted by molar-refractivity contribution is -0.384. The van der Waals surface area contributed by atoms with E-state index in [0.717, 1.165) is 11.3 Å². The van der Waals surface area contributed by atoms with E-state index in [4.69, 9.17) is 4.74 Å². The van der Waals surface area contributed by atoms with Gasteiger partial charge in [-0.3, -0.25) is 25.0 Å². The van der Waals surface area contributed by atoms with Crippen molar-refractivity contribution in [3.8, 4) is 10.6 Å². The van der Waals surface area contributed by atoms with Gasteiger partial charge in [0, 0.05) is 36.1 Å². The number of hydrogen-bond donors (Lipinski definition) is 2. The van der Waals surface area contributed by atoms with Gasteiger partial charge in [0.25, 0.3) is 11.6 Å². The number of nitrogens with zero attached hydrogens (tertiary/aromatic N) is 3. The van der Waals surface area contributed by atoms with E-state index in [1.807, 2.05) is 0 Å². The summed E-state index contributed by atoms with van der Waals surface area (Å²) in [4.78, 5) is 34.3. The molecule has 2 N–H and O–H groups in total. The highest BCUT2D eigenvalue weighted by Crippen LogP contribution is 2.28. The molecule has 3 aromatic rings. The fourth-order valence-corrected chi connectivity index (χ4v) is 3.10. The molecule has 1 heterocycles. The van der Waals surface area contributed by atoms with Gasteiger partial charge in [-0.15, -0.1) is 10.2 Å². The summed E-state index contributed by atoms with van der Waals surface area (Å²) in [6.45, 7) is -0.0906. The first-order chi connectivity index (χ1) is 14.0. The first-order valence-electron chi connectivity index (χ1n) is 8.25. The topological polar surface area (TPSA) is 136 Å². The quantitative estimate of drug-likeness (QED) is 0.449. The summed E-state index contributed by atoms with van der Waals surface area (Å²) < 4.78 is 4.75. The van der Waals surface area contributed by atoms with E-state index in [1.165, 1.54) is 25.3 Å². The van der Waals surface area contributed by atoms with Gasteiger partial charge < -0.3 is 10.1 Å². The Labute approximate surface area is 168 Å². The smallest absolute Gasteiger partial charge is 0.269 e. The maximum Gasteiger partial charge on any atom is 0.269 e. The van der Waals surface area contributed by atoms with E-state index in [9.17, 15) is 19.7 Å². The lowest BCUT2D eigenvalue weighted by Crippen LogP contribution is -2.18. The highest BCUT2D eigenvalue weighted by Gasteiger charge is 2.13. The Morgan fingerprint density at radius 2 is 1.90 bits per heavy atom. The first kappa shape index (κ1) is 20.0. The number of amides is 2. The zero-order valence-corrected chi connectivity index (χ0v) is 15.9. The molecule has 0 aliphatic heterocycles. The van der Waals surface area contributed by atoms with Crippen LogP contribution in [0.5, 0.6) is 0 Å². The summed E-state index contributed by atoms with van der Waals surface area (Å²) in [5, 5.41) is 24.7. The van der Waals surface area contributed by atoms with Crippen molar-refractivity contribution in [2.24, 2.45) is 0 Å². The monoisotopic (exact) mass is 413 g/mol. The van der Waals surface area contributed by atoms with Gasteiger partial charge in [-0.25, -0.2) is 0 Å². The van der Waals surface area contributed by atoms with Crippen LogP contribution in [0.25, 0.3) is 10.6 Å². The summed E-state index contributed by atoms with van der Waals surface area (Å²) >= 11 is 1.13. The number of carbonyl (C=O) groups excluding carboxylic acids is 2. The molecule has 2 aromatic carbocycles. The number of non-ortho nitro benzene ring substituents is 1. The number of nitro benzene ring substituents is 1. The number of benzene rings is 2. The largest absolute Gasteiger partial charge is 0.375 e. The minimum Gasteiger partial charge on any atom is -0.375 e. The van der Waals surface area contributed by atoms with Crippen LogP contribution in [-0.2, 0) is 9.53 Å². The molecule has 0 unspecified atom stereocenters. The summed E-state index contributed by atoms with van der Waals surface area (Å²) in [6, 6.07) is 12.3. The second-order valence-electron chi connectivity index (χ2n) is 5.73. The molecule has 0 spiro atoms. The van der Waals surface area contributed by atoms with Crippen molar-refractivity contribution in [1.82, 2.24) is 10.2 Å². The molecular formula is C18H15N5O5S. The predicted molar refractivity (Wildman–Crippen MR) is 107 cm³/mol. The molecule has 1 aromatic heterocycles. The highest BCUT2D eigenvalue weighted by molar-refractivity contribution is 7.18. The van der Waals surface area contributed by atoms with Gasteiger partial charge in [-0.2, -0.15) is 0 Å². The van der Waals surface area contributed by atoms with E-state index in [0.29, 0.717) is 21.8 Å². The first-order valence-corrected chi connectivity index (χ1v) is 9.06. The van der Waals surface area contributed by atoms with Crippen molar-refractivity contribution < 1.29 is 19.2 Å². The SMILES string of the molecule is COCC(=O)Nc1cccc(C(=O)Nc2nnc(-c3ccc([N+](=O)[O-])cc3)s2)c1. The van der Waals surface area contributed by atoms with Crippen molar-refractivity contribution in [3.63, 3.8) is 0 Å². The van der Waals surface area contributed by atoms with Crippen LogP contribution in [0, 0.1) is 10.1 Å². The summed E-state index contributed by atoms with van der Waals surface area (Å²) in [7, 11) is 1.41. The Kier molecular flexibility index (Phi) is 6.22. The number of nitro groups is 1. The van der Waals surface area contributed by atoms with Crippen LogP contribution in [0.15, 0.2) is 48.5 Å². The molecule has 10 nitrogen and oxygen atoms in total. The van der Waals surface area contributed by atoms with E-state index in [2.05, 4.69) is 20.8 Å². The number of anilines is 2. The third-order valence-electron chi connectivity index (χ3n) is 3.65. The van der Waals surface area contributed by atoms with E-state index in [-0.39, 0.29) is 23.3 Å².